The summed E-state index contributed by atoms with van der Waals surface area (Å²) in [6, 6.07) is 15.5. The van der Waals surface area contributed by atoms with Gasteiger partial charge in [0.2, 0.25) is 0 Å². The van der Waals surface area contributed by atoms with Gasteiger partial charge in [0.15, 0.2) is 12.4 Å². The van der Waals surface area contributed by atoms with E-state index in [2.05, 4.69) is 78.6 Å². The van der Waals surface area contributed by atoms with Crippen molar-refractivity contribution in [2.45, 2.75) is 45.3 Å². The first-order valence-corrected chi connectivity index (χ1v) is 9.07. The summed E-state index contributed by atoms with van der Waals surface area (Å²) in [6.45, 7) is 6.08. The van der Waals surface area contributed by atoms with Gasteiger partial charge in [-0.1, -0.05) is 44.2 Å². The topological polar surface area (TPSA) is 25.1 Å². The Balaban J connectivity index is 1.96. The maximum absolute atomic E-state index is 6.24. The molecule has 24 heavy (non-hydrogen) atoms. The van der Waals surface area contributed by atoms with Crippen molar-refractivity contribution in [1.29, 1.82) is 0 Å². The second-order valence-electron chi connectivity index (χ2n) is 6.31. The van der Waals surface area contributed by atoms with Crippen molar-refractivity contribution in [1.82, 2.24) is 5.32 Å². The molecule has 1 N–H and O–H groups in total. The normalized spacial score (nSPS) is 12.5. The van der Waals surface area contributed by atoms with Crippen LogP contribution in [0.2, 0.25) is 0 Å². The monoisotopic (exact) mass is 327 g/mol. The van der Waals surface area contributed by atoms with Gasteiger partial charge in [0, 0.05) is 31.1 Å². The fourth-order valence-electron chi connectivity index (χ4n) is 2.87. The van der Waals surface area contributed by atoms with Crippen LogP contribution in [-0.4, -0.2) is 19.2 Å². The highest BCUT2D eigenvalue weighted by molar-refractivity contribution is 5.20. The lowest BCUT2D eigenvalue weighted by molar-refractivity contribution is -0.671. The van der Waals surface area contributed by atoms with Crippen molar-refractivity contribution in [3.8, 4) is 0 Å². The van der Waals surface area contributed by atoms with Gasteiger partial charge in [-0.05, 0) is 24.0 Å². The third-order valence-electron chi connectivity index (χ3n) is 4.48. The van der Waals surface area contributed by atoms with E-state index in [0.29, 0.717) is 6.04 Å². The first kappa shape index (κ1) is 18.6. The van der Waals surface area contributed by atoms with Gasteiger partial charge in [0.25, 0.3) is 0 Å². The maximum Gasteiger partial charge on any atom is 0.168 e. The zero-order valence-corrected chi connectivity index (χ0v) is 15.2. The standard InChI is InChI=1S/C21H31N2O/c1-4-20(5-2)22-13-16-24-21(17-18-9-7-6-8-10-18)19-11-14-23(3)15-12-19/h6-12,14-15,20-22H,4-5,13,16-17H2,1-3H3/q+1. The summed E-state index contributed by atoms with van der Waals surface area (Å²) in [4.78, 5) is 0. The van der Waals surface area contributed by atoms with E-state index in [9.17, 15) is 0 Å². The van der Waals surface area contributed by atoms with E-state index in [1.54, 1.807) is 0 Å². The molecule has 0 radical (unpaired) electrons. The van der Waals surface area contributed by atoms with Crippen molar-refractivity contribution in [2.24, 2.45) is 7.05 Å². The number of hydrogen-bond acceptors (Lipinski definition) is 2. The van der Waals surface area contributed by atoms with E-state index in [1.807, 2.05) is 7.05 Å². The molecule has 0 saturated heterocycles. The predicted octanol–water partition coefficient (Wildman–Crippen LogP) is 3.59. The molecule has 0 aliphatic rings. The Morgan fingerprint density at radius 3 is 2.29 bits per heavy atom. The van der Waals surface area contributed by atoms with Crippen LogP contribution < -0.4 is 9.88 Å². The van der Waals surface area contributed by atoms with E-state index >= 15 is 0 Å². The molecule has 1 unspecified atom stereocenters. The van der Waals surface area contributed by atoms with Crippen LogP contribution in [0.1, 0.15) is 43.9 Å². The Morgan fingerprint density at radius 1 is 1.00 bits per heavy atom. The molecule has 1 aromatic carbocycles. The molecule has 2 rings (SSSR count). The molecule has 0 amide bonds. The number of hydrogen-bond donors (Lipinski definition) is 1. The van der Waals surface area contributed by atoms with E-state index in [4.69, 9.17) is 4.74 Å². The Hall–Kier alpha value is -1.71. The van der Waals surface area contributed by atoms with Gasteiger partial charge in [0.1, 0.15) is 7.05 Å². The smallest absolute Gasteiger partial charge is 0.168 e. The van der Waals surface area contributed by atoms with Gasteiger partial charge in [-0.2, -0.15) is 0 Å². The first-order chi connectivity index (χ1) is 11.7. The molecule has 0 aliphatic carbocycles. The molecule has 0 bridgehead atoms. The van der Waals surface area contributed by atoms with Gasteiger partial charge >= 0.3 is 0 Å². The second kappa shape index (κ2) is 10.2. The van der Waals surface area contributed by atoms with E-state index in [0.717, 1.165) is 19.6 Å². The number of aryl methyl sites for hydroxylation is 1. The number of nitrogens with zero attached hydrogens (tertiary/aromatic N) is 1. The Morgan fingerprint density at radius 2 is 1.67 bits per heavy atom. The lowest BCUT2D eigenvalue weighted by Crippen LogP contribution is -2.31. The van der Waals surface area contributed by atoms with Crippen LogP contribution in [0.3, 0.4) is 0 Å². The summed E-state index contributed by atoms with van der Waals surface area (Å²) >= 11 is 0. The Labute approximate surface area is 146 Å². The molecule has 1 atom stereocenters. The molecule has 0 aliphatic heterocycles. The van der Waals surface area contributed by atoms with Crippen LogP contribution in [0, 0.1) is 0 Å². The number of rotatable bonds is 10. The van der Waals surface area contributed by atoms with Gasteiger partial charge in [-0.25, -0.2) is 4.57 Å². The summed E-state index contributed by atoms with van der Waals surface area (Å²) in [6.07, 6.45) is 7.49. The summed E-state index contributed by atoms with van der Waals surface area (Å²) in [5, 5.41) is 3.57. The summed E-state index contributed by atoms with van der Waals surface area (Å²) in [5.41, 5.74) is 2.54. The van der Waals surface area contributed by atoms with Crippen molar-refractivity contribution in [3.05, 3.63) is 66.0 Å². The average Bonchev–Trinajstić information content (AvgIpc) is 2.62. The molecule has 130 valence electrons. The largest absolute Gasteiger partial charge is 0.372 e. The Bertz CT molecular complexity index is 564. The zero-order valence-electron chi connectivity index (χ0n) is 15.2. The van der Waals surface area contributed by atoms with E-state index in [-0.39, 0.29) is 6.10 Å². The Kier molecular flexibility index (Phi) is 7.93. The molecule has 2 aromatic rings. The molecule has 3 nitrogen and oxygen atoms in total. The summed E-state index contributed by atoms with van der Waals surface area (Å²) in [7, 11) is 2.04. The lowest BCUT2D eigenvalue weighted by atomic mass is 10.0. The molecule has 1 heterocycles. The molecular weight excluding hydrogens is 296 g/mol. The number of ether oxygens (including phenoxy) is 1. The zero-order chi connectivity index (χ0) is 17.2. The average molecular weight is 327 g/mol. The lowest BCUT2D eigenvalue weighted by Gasteiger charge is -2.20. The fourth-order valence-corrected chi connectivity index (χ4v) is 2.87. The summed E-state index contributed by atoms with van der Waals surface area (Å²) < 4.78 is 8.29. The first-order valence-electron chi connectivity index (χ1n) is 9.07. The van der Waals surface area contributed by atoms with Crippen molar-refractivity contribution in [2.75, 3.05) is 13.2 Å². The number of benzene rings is 1. The van der Waals surface area contributed by atoms with Crippen LogP contribution in [0.15, 0.2) is 54.9 Å². The fraction of sp³-hybridized carbons (Fsp3) is 0.476. The highest BCUT2D eigenvalue weighted by Crippen LogP contribution is 2.21. The number of nitrogens with one attached hydrogen (secondary N) is 1. The van der Waals surface area contributed by atoms with Crippen molar-refractivity contribution < 1.29 is 9.30 Å². The van der Waals surface area contributed by atoms with Gasteiger partial charge in [-0.3, -0.25) is 0 Å². The SMILES string of the molecule is CCC(CC)NCCOC(Cc1ccccc1)c1cc[n+](C)cc1. The minimum atomic E-state index is 0.0945. The molecular formula is C21H31N2O+. The molecule has 0 spiro atoms. The van der Waals surface area contributed by atoms with Crippen LogP contribution in [0.25, 0.3) is 0 Å². The van der Waals surface area contributed by atoms with Crippen molar-refractivity contribution in [3.63, 3.8) is 0 Å². The highest BCUT2D eigenvalue weighted by atomic mass is 16.5. The van der Waals surface area contributed by atoms with Crippen LogP contribution in [0.4, 0.5) is 0 Å². The van der Waals surface area contributed by atoms with Gasteiger partial charge < -0.3 is 10.1 Å². The second-order valence-corrected chi connectivity index (χ2v) is 6.31. The van der Waals surface area contributed by atoms with Crippen LogP contribution >= 0.6 is 0 Å². The minimum Gasteiger partial charge on any atom is -0.372 e. The minimum absolute atomic E-state index is 0.0945. The van der Waals surface area contributed by atoms with Crippen LogP contribution in [0.5, 0.6) is 0 Å². The summed E-state index contributed by atoms with van der Waals surface area (Å²) in [5.74, 6) is 0. The maximum atomic E-state index is 6.24. The molecule has 0 saturated carbocycles. The predicted molar refractivity (Wildman–Crippen MR) is 98.8 cm³/mol. The van der Waals surface area contributed by atoms with E-state index in [1.165, 1.54) is 24.0 Å². The third kappa shape index (κ3) is 6.06. The molecule has 1 aromatic heterocycles. The van der Waals surface area contributed by atoms with Crippen molar-refractivity contribution >= 4 is 0 Å². The third-order valence-corrected chi connectivity index (χ3v) is 4.48. The van der Waals surface area contributed by atoms with Gasteiger partial charge in [-0.15, -0.1) is 0 Å². The highest BCUT2D eigenvalue weighted by Gasteiger charge is 2.14. The molecule has 3 heteroatoms. The van der Waals surface area contributed by atoms with E-state index < -0.39 is 0 Å². The van der Waals surface area contributed by atoms with Gasteiger partial charge in [0.05, 0.1) is 12.7 Å². The quantitative estimate of drug-likeness (QED) is 0.533. The molecule has 0 fully saturated rings. The van der Waals surface area contributed by atoms with Crippen LogP contribution in [-0.2, 0) is 18.2 Å². The number of pyridine rings is 1. The number of aromatic nitrogens is 1.